The maximum Gasteiger partial charge on any atom is 0.408 e. The van der Waals surface area contributed by atoms with Gasteiger partial charge in [0.1, 0.15) is 24.1 Å². The van der Waals surface area contributed by atoms with Crippen molar-refractivity contribution in [2.75, 3.05) is 31.1 Å². The van der Waals surface area contributed by atoms with Gasteiger partial charge in [0.2, 0.25) is 5.91 Å². The number of ether oxygens (including phenoxy) is 2. The fraction of sp³-hybridized carbons (Fsp3) is 0.440. The molecule has 9 nitrogen and oxygen atoms in total. The number of aromatic nitrogens is 1. The summed E-state index contributed by atoms with van der Waals surface area (Å²) in [5.41, 5.74) is 0.101. The van der Waals surface area contributed by atoms with Crippen molar-refractivity contribution in [3.8, 4) is 0 Å². The van der Waals surface area contributed by atoms with E-state index in [0.29, 0.717) is 26.2 Å². The van der Waals surface area contributed by atoms with Crippen molar-refractivity contribution in [3.63, 3.8) is 0 Å². The SMILES string of the molecule is CC(C)(C)OC(=O)N[C@H](CC(=O)OCc1ccccc1)C(=O)N1CCN(c2ccccn2)CC1. The van der Waals surface area contributed by atoms with Crippen LogP contribution in [-0.2, 0) is 25.7 Å². The molecule has 0 radical (unpaired) electrons. The minimum absolute atomic E-state index is 0.0930. The van der Waals surface area contributed by atoms with E-state index in [-0.39, 0.29) is 18.9 Å². The molecule has 3 rings (SSSR count). The summed E-state index contributed by atoms with van der Waals surface area (Å²) in [5, 5.41) is 2.56. The number of hydrogen-bond donors (Lipinski definition) is 1. The van der Waals surface area contributed by atoms with Crippen molar-refractivity contribution in [2.45, 2.75) is 45.4 Å². The van der Waals surface area contributed by atoms with Gasteiger partial charge in [-0.2, -0.15) is 0 Å². The van der Waals surface area contributed by atoms with Gasteiger partial charge >= 0.3 is 12.1 Å². The summed E-state index contributed by atoms with van der Waals surface area (Å²) >= 11 is 0. The Morgan fingerprint density at radius 1 is 1.00 bits per heavy atom. The van der Waals surface area contributed by atoms with E-state index < -0.39 is 23.7 Å². The average Bonchev–Trinajstić information content (AvgIpc) is 2.82. The fourth-order valence-corrected chi connectivity index (χ4v) is 3.53. The highest BCUT2D eigenvalue weighted by atomic mass is 16.6. The number of amides is 2. The molecule has 9 heteroatoms. The van der Waals surface area contributed by atoms with Crippen LogP contribution < -0.4 is 10.2 Å². The topological polar surface area (TPSA) is 101 Å². The van der Waals surface area contributed by atoms with E-state index in [9.17, 15) is 14.4 Å². The Bertz CT molecular complexity index is 954. The van der Waals surface area contributed by atoms with E-state index in [1.807, 2.05) is 48.5 Å². The second-order valence-corrected chi connectivity index (χ2v) is 9.05. The molecule has 1 aromatic heterocycles. The zero-order valence-electron chi connectivity index (χ0n) is 19.9. The van der Waals surface area contributed by atoms with E-state index in [1.54, 1.807) is 31.9 Å². The van der Waals surface area contributed by atoms with Gasteiger partial charge in [0.15, 0.2) is 0 Å². The van der Waals surface area contributed by atoms with Crippen molar-refractivity contribution in [1.82, 2.24) is 15.2 Å². The van der Waals surface area contributed by atoms with Crippen LogP contribution in [0.3, 0.4) is 0 Å². The third-order valence-electron chi connectivity index (χ3n) is 5.17. The molecule has 1 aliphatic heterocycles. The van der Waals surface area contributed by atoms with Gasteiger partial charge in [-0.3, -0.25) is 9.59 Å². The molecule has 1 fully saturated rings. The van der Waals surface area contributed by atoms with Gasteiger partial charge in [-0.15, -0.1) is 0 Å². The lowest BCUT2D eigenvalue weighted by molar-refractivity contribution is -0.148. The van der Waals surface area contributed by atoms with E-state index in [2.05, 4.69) is 15.2 Å². The largest absolute Gasteiger partial charge is 0.461 e. The average molecular weight is 469 g/mol. The summed E-state index contributed by atoms with van der Waals surface area (Å²) in [6.45, 7) is 7.37. The predicted molar refractivity (Wildman–Crippen MR) is 127 cm³/mol. The molecule has 0 bridgehead atoms. The summed E-state index contributed by atoms with van der Waals surface area (Å²) in [6, 6.07) is 13.9. The Morgan fingerprint density at radius 3 is 2.29 bits per heavy atom. The molecule has 1 aliphatic rings. The van der Waals surface area contributed by atoms with Crippen LogP contribution in [0.15, 0.2) is 54.7 Å². The summed E-state index contributed by atoms with van der Waals surface area (Å²) in [5.74, 6) is -0.0731. The first-order chi connectivity index (χ1) is 16.2. The highest BCUT2D eigenvalue weighted by Crippen LogP contribution is 2.15. The first-order valence-corrected chi connectivity index (χ1v) is 11.3. The number of carbonyl (C=O) groups is 3. The first-order valence-electron chi connectivity index (χ1n) is 11.3. The second-order valence-electron chi connectivity index (χ2n) is 9.05. The zero-order chi connectivity index (χ0) is 24.6. The third-order valence-corrected chi connectivity index (χ3v) is 5.17. The lowest BCUT2D eigenvalue weighted by Crippen LogP contribution is -2.56. The lowest BCUT2D eigenvalue weighted by Gasteiger charge is -2.37. The third kappa shape index (κ3) is 7.75. The number of hydrogen-bond acceptors (Lipinski definition) is 7. The molecular formula is C25H32N4O5. The van der Waals surface area contributed by atoms with Crippen molar-refractivity contribution < 1.29 is 23.9 Å². The zero-order valence-corrected chi connectivity index (χ0v) is 19.9. The number of carbonyl (C=O) groups excluding carboxylic acids is 3. The number of alkyl carbamates (subject to hydrolysis) is 1. The van der Waals surface area contributed by atoms with Gasteiger partial charge in [0.05, 0.1) is 6.42 Å². The number of pyridine rings is 1. The number of nitrogens with zero attached hydrogens (tertiary/aromatic N) is 3. The molecule has 0 saturated carbocycles. The summed E-state index contributed by atoms with van der Waals surface area (Å²) in [7, 11) is 0. The molecule has 1 saturated heterocycles. The quantitative estimate of drug-likeness (QED) is 0.624. The molecule has 2 heterocycles. The van der Waals surface area contributed by atoms with Crippen LogP contribution in [0.4, 0.5) is 10.6 Å². The molecule has 1 atom stereocenters. The maximum absolute atomic E-state index is 13.3. The van der Waals surface area contributed by atoms with Crippen LogP contribution in [0, 0.1) is 0 Å². The minimum atomic E-state index is -1.08. The molecule has 0 aliphatic carbocycles. The Morgan fingerprint density at radius 2 is 1.68 bits per heavy atom. The van der Waals surface area contributed by atoms with Gasteiger partial charge in [0, 0.05) is 32.4 Å². The van der Waals surface area contributed by atoms with Gasteiger partial charge < -0.3 is 24.6 Å². The van der Waals surface area contributed by atoms with Crippen molar-refractivity contribution in [3.05, 3.63) is 60.3 Å². The lowest BCUT2D eigenvalue weighted by atomic mass is 10.1. The van der Waals surface area contributed by atoms with Gasteiger partial charge in [-0.1, -0.05) is 36.4 Å². The Labute approximate surface area is 200 Å². The normalized spacial score (nSPS) is 14.8. The Balaban J connectivity index is 1.61. The van der Waals surface area contributed by atoms with Gasteiger partial charge in [-0.05, 0) is 38.5 Å². The highest BCUT2D eigenvalue weighted by molar-refractivity contribution is 5.89. The molecule has 34 heavy (non-hydrogen) atoms. The van der Waals surface area contributed by atoms with E-state index in [4.69, 9.17) is 9.47 Å². The number of nitrogens with one attached hydrogen (secondary N) is 1. The van der Waals surface area contributed by atoms with Crippen LogP contribution in [0.1, 0.15) is 32.8 Å². The molecule has 1 N–H and O–H groups in total. The molecule has 2 aromatic rings. The molecule has 182 valence electrons. The van der Waals surface area contributed by atoms with Crippen molar-refractivity contribution in [1.29, 1.82) is 0 Å². The first kappa shape index (κ1) is 25.0. The molecular weight excluding hydrogens is 436 g/mol. The van der Waals surface area contributed by atoms with Gasteiger partial charge in [-0.25, -0.2) is 9.78 Å². The number of anilines is 1. The number of esters is 1. The standard InChI is InChI=1S/C25H32N4O5/c1-25(2,3)34-24(32)27-20(17-22(30)33-18-19-9-5-4-6-10-19)23(31)29-15-13-28(14-16-29)21-11-7-8-12-26-21/h4-12,20H,13-18H2,1-3H3,(H,27,32)/t20-/m1/s1. The maximum atomic E-state index is 13.3. The van der Waals surface area contributed by atoms with E-state index in [0.717, 1.165) is 11.4 Å². The fourth-order valence-electron chi connectivity index (χ4n) is 3.53. The van der Waals surface area contributed by atoms with Crippen LogP contribution >= 0.6 is 0 Å². The monoisotopic (exact) mass is 468 g/mol. The smallest absolute Gasteiger partial charge is 0.408 e. The second kappa shape index (κ2) is 11.5. The Kier molecular flexibility index (Phi) is 8.45. The number of benzene rings is 1. The molecule has 2 amide bonds. The van der Waals surface area contributed by atoms with Gasteiger partial charge in [0.25, 0.3) is 0 Å². The summed E-state index contributed by atoms with van der Waals surface area (Å²) < 4.78 is 10.6. The van der Waals surface area contributed by atoms with Crippen molar-refractivity contribution >= 4 is 23.8 Å². The number of piperazine rings is 1. The minimum Gasteiger partial charge on any atom is -0.461 e. The molecule has 0 unspecified atom stereocenters. The van der Waals surface area contributed by atoms with Crippen LogP contribution in [-0.4, -0.2) is 65.7 Å². The van der Waals surface area contributed by atoms with E-state index >= 15 is 0 Å². The molecule has 1 aromatic carbocycles. The summed E-state index contributed by atoms with van der Waals surface area (Å²) in [4.78, 5) is 46.3. The Hall–Kier alpha value is -3.62. The highest BCUT2D eigenvalue weighted by Gasteiger charge is 2.32. The van der Waals surface area contributed by atoms with Crippen LogP contribution in [0.5, 0.6) is 0 Å². The summed E-state index contributed by atoms with van der Waals surface area (Å²) in [6.07, 6.45) is 0.689. The van der Waals surface area contributed by atoms with E-state index in [1.165, 1.54) is 0 Å². The van der Waals surface area contributed by atoms with Crippen LogP contribution in [0.2, 0.25) is 0 Å². The van der Waals surface area contributed by atoms with Crippen molar-refractivity contribution in [2.24, 2.45) is 0 Å². The number of rotatable bonds is 7. The molecule has 0 spiro atoms. The predicted octanol–water partition coefficient (Wildman–Crippen LogP) is 2.76. The van der Waals surface area contributed by atoms with Crippen LogP contribution in [0.25, 0.3) is 0 Å².